The molecule has 0 saturated heterocycles. The summed E-state index contributed by atoms with van der Waals surface area (Å²) in [6, 6.07) is 5.26. The Morgan fingerprint density at radius 3 is 2.80 bits per heavy atom. The third-order valence-corrected chi connectivity index (χ3v) is 3.11. The lowest BCUT2D eigenvalue weighted by Crippen LogP contribution is -2.15. The van der Waals surface area contributed by atoms with E-state index in [0.717, 1.165) is 17.7 Å². The van der Waals surface area contributed by atoms with Crippen molar-refractivity contribution < 1.29 is 4.79 Å². The third kappa shape index (κ3) is 2.74. The van der Waals surface area contributed by atoms with Crippen molar-refractivity contribution in [2.24, 2.45) is 0 Å². The molecule has 6 nitrogen and oxygen atoms in total. The summed E-state index contributed by atoms with van der Waals surface area (Å²) in [5.74, 6) is 0.425. The van der Waals surface area contributed by atoms with Crippen LogP contribution in [0.5, 0.6) is 0 Å². The molecule has 0 radical (unpaired) electrons. The lowest BCUT2D eigenvalue weighted by molar-refractivity contribution is 0.102. The Hall–Kier alpha value is -2.50. The van der Waals surface area contributed by atoms with Crippen LogP contribution in [0.2, 0.25) is 0 Å². The first kappa shape index (κ1) is 13.9. The van der Waals surface area contributed by atoms with Gasteiger partial charge in [-0.2, -0.15) is 5.10 Å². The SMILES string of the molecule is CCc1cn[nH]c1NC(=O)c1ccc(N(C)C)c(N)c1. The van der Waals surface area contributed by atoms with Crippen LogP contribution >= 0.6 is 0 Å². The molecule has 0 aliphatic carbocycles. The van der Waals surface area contributed by atoms with Crippen molar-refractivity contribution in [3.63, 3.8) is 0 Å². The lowest BCUT2D eigenvalue weighted by Gasteiger charge is -2.15. The van der Waals surface area contributed by atoms with Crippen molar-refractivity contribution in [2.45, 2.75) is 13.3 Å². The highest BCUT2D eigenvalue weighted by Crippen LogP contribution is 2.23. The second-order valence-electron chi connectivity index (χ2n) is 4.75. The molecular formula is C14H19N5O. The third-order valence-electron chi connectivity index (χ3n) is 3.11. The summed E-state index contributed by atoms with van der Waals surface area (Å²) in [5.41, 5.74) is 8.89. The summed E-state index contributed by atoms with van der Waals surface area (Å²) >= 11 is 0. The fraction of sp³-hybridized carbons (Fsp3) is 0.286. The van der Waals surface area contributed by atoms with Gasteiger partial charge in [0.25, 0.3) is 5.91 Å². The number of nitrogens with one attached hydrogen (secondary N) is 2. The monoisotopic (exact) mass is 273 g/mol. The van der Waals surface area contributed by atoms with Crippen LogP contribution in [0.1, 0.15) is 22.8 Å². The molecule has 0 spiro atoms. The second-order valence-corrected chi connectivity index (χ2v) is 4.75. The number of anilines is 3. The van der Waals surface area contributed by atoms with Crippen LogP contribution in [-0.2, 0) is 6.42 Å². The van der Waals surface area contributed by atoms with Gasteiger partial charge in [-0.1, -0.05) is 6.92 Å². The Labute approximate surface area is 118 Å². The smallest absolute Gasteiger partial charge is 0.256 e. The van der Waals surface area contributed by atoms with Gasteiger partial charge in [0.05, 0.1) is 17.6 Å². The van der Waals surface area contributed by atoms with E-state index in [1.807, 2.05) is 32.0 Å². The number of hydrogen-bond donors (Lipinski definition) is 3. The molecular weight excluding hydrogens is 254 g/mol. The Bertz CT molecular complexity index is 618. The van der Waals surface area contributed by atoms with E-state index in [4.69, 9.17) is 5.73 Å². The molecule has 2 rings (SSSR count). The van der Waals surface area contributed by atoms with Crippen molar-refractivity contribution in [2.75, 3.05) is 30.0 Å². The van der Waals surface area contributed by atoms with Crippen LogP contribution in [0.3, 0.4) is 0 Å². The largest absolute Gasteiger partial charge is 0.397 e. The van der Waals surface area contributed by atoms with E-state index in [1.165, 1.54) is 0 Å². The number of nitrogens with zero attached hydrogens (tertiary/aromatic N) is 2. The summed E-state index contributed by atoms with van der Waals surface area (Å²) in [7, 11) is 3.81. The van der Waals surface area contributed by atoms with Crippen molar-refractivity contribution in [1.82, 2.24) is 10.2 Å². The maximum Gasteiger partial charge on any atom is 0.256 e. The maximum absolute atomic E-state index is 12.2. The van der Waals surface area contributed by atoms with Crippen molar-refractivity contribution in [3.05, 3.63) is 35.5 Å². The topological polar surface area (TPSA) is 87.0 Å². The number of carbonyl (C=O) groups excluding carboxylic acids is 1. The van der Waals surface area contributed by atoms with Gasteiger partial charge in [-0.15, -0.1) is 0 Å². The minimum Gasteiger partial charge on any atom is -0.397 e. The van der Waals surface area contributed by atoms with Gasteiger partial charge in [0.2, 0.25) is 0 Å². The van der Waals surface area contributed by atoms with E-state index < -0.39 is 0 Å². The summed E-state index contributed by atoms with van der Waals surface area (Å²) in [6.07, 6.45) is 2.51. The number of H-pyrrole nitrogens is 1. The molecule has 0 unspecified atom stereocenters. The molecule has 1 heterocycles. The summed E-state index contributed by atoms with van der Waals surface area (Å²) in [6.45, 7) is 2.00. The zero-order valence-electron chi connectivity index (χ0n) is 11.9. The van der Waals surface area contributed by atoms with Crippen molar-refractivity contribution in [3.8, 4) is 0 Å². The van der Waals surface area contributed by atoms with Crippen LogP contribution in [0.25, 0.3) is 0 Å². The maximum atomic E-state index is 12.2. The Morgan fingerprint density at radius 1 is 1.45 bits per heavy atom. The number of aromatic nitrogens is 2. The average Bonchev–Trinajstić information content (AvgIpc) is 2.85. The van der Waals surface area contributed by atoms with Crippen molar-refractivity contribution >= 4 is 23.1 Å². The minimum atomic E-state index is -0.207. The molecule has 0 bridgehead atoms. The molecule has 1 aromatic heterocycles. The quantitative estimate of drug-likeness (QED) is 0.742. The normalized spacial score (nSPS) is 10.3. The Kier molecular flexibility index (Phi) is 3.93. The number of aryl methyl sites for hydroxylation is 1. The molecule has 106 valence electrons. The average molecular weight is 273 g/mol. The van der Waals surface area contributed by atoms with Crippen LogP contribution in [0.15, 0.2) is 24.4 Å². The zero-order chi connectivity index (χ0) is 14.7. The van der Waals surface area contributed by atoms with E-state index in [2.05, 4.69) is 15.5 Å². The number of carbonyl (C=O) groups is 1. The molecule has 2 aromatic rings. The van der Waals surface area contributed by atoms with E-state index in [9.17, 15) is 4.79 Å². The van der Waals surface area contributed by atoms with Gasteiger partial charge in [-0.05, 0) is 24.6 Å². The van der Waals surface area contributed by atoms with Crippen LogP contribution < -0.4 is 16.0 Å². The second kappa shape index (κ2) is 5.64. The molecule has 1 aromatic carbocycles. The molecule has 4 N–H and O–H groups in total. The number of benzene rings is 1. The molecule has 0 atom stereocenters. The number of hydrogen-bond acceptors (Lipinski definition) is 4. The van der Waals surface area contributed by atoms with Gasteiger partial charge in [0, 0.05) is 25.2 Å². The van der Waals surface area contributed by atoms with E-state index in [-0.39, 0.29) is 5.91 Å². The van der Waals surface area contributed by atoms with Crippen LogP contribution in [0, 0.1) is 0 Å². The number of aromatic amines is 1. The van der Waals surface area contributed by atoms with Gasteiger partial charge in [-0.3, -0.25) is 9.89 Å². The predicted molar refractivity (Wildman–Crippen MR) is 81.1 cm³/mol. The first-order chi connectivity index (χ1) is 9.52. The number of amides is 1. The van der Waals surface area contributed by atoms with Gasteiger partial charge in [0.1, 0.15) is 5.82 Å². The summed E-state index contributed by atoms with van der Waals surface area (Å²) in [4.78, 5) is 14.1. The highest BCUT2D eigenvalue weighted by atomic mass is 16.1. The highest BCUT2D eigenvalue weighted by molar-refractivity contribution is 6.05. The fourth-order valence-electron chi connectivity index (χ4n) is 1.98. The summed E-state index contributed by atoms with van der Waals surface area (Å²) in [5, 5.41) is 9.51. The highest BCUT2D eigenvalue weighted by Gasteiger charge is 2.12. The first-order valence-electron chi connectivity index (χ1n) is 6.43. The van der Waals surface area contributed by atoms with Crippen LogP contribution in [-0.4, -0.2) is 30.2 Å². The van der Waals surface area contributed by atoms with Gasteiger partial charge in [-0.25, -0.2) is 0 Å². The fourth-order valence-corrected chi connectivity index (χ4v) is 1.98. The van der Waals surface area contributed by atoms with E-state index in [0.29, 0.717) is 17.1 Å². The van der Waals surface area contributed by atoms with Gasteiger partial charge in [0.15, 0.2) is 0 Å². The van der Waals surface area contributed by atoms with Crippen molar-refractivity contribution in [1.29, 1.82) is 0 Å². The predicted octanol–water partition coefficient (Wildman–Crippen LogP) is 1.87. The molecule has 0 aliphatic rings. The van der Waals surface area contributed by atoms with Gasteiger partial charge < -0.3 is 16.0 Å². The molecule has 0 saturated carbocycles. The van der Waals surface area contributed by atoms with Crippen LogP contribution in [0.4, 0.5) is 17.2 Å². The number of rotatable bonds is 4. The minimum absolute atomic E-state index is 0.207. The first-order valence-corrected chi connectivity index (χ1v) is 6.43. The number of nitrogen functional groups attached to an aromatic ring is 1. The van der Waals surface area contributed by atoms with Gasteiger partial charge >= 0.3 is 0 Å². The molecule has 6 heteroatoms. The summed E-state index contributed by atoms with van der Waals surface area (Å²) < 4.78 is 0. The Morgan fingerprint density at radius 2 is 2.20 bits per heavy atom. The zero-order valence-corrected chi connectivity index (χ0v) is 11.9. The van der Waals surface area contributed by atoms with E-state index in [1.54, 1.807) is 18.3 Å². The molecule has 1 amide bonds. The lowest BCUT2D eigenvalue weighted by atomic mass is 10.1. The molecule has 0 aliphatic heterocycles. The standard InChI is InChI=1S/C14H19N5O/c1-4-9-8-16-18-13(9)17-14(20)10-5-6-12(19(2)3)11(15)7-10/h5-8H,4,15H2,1-3H3,(H2,16,17,18,20). The molecule has 20 heavy (non-hydrogen) atoms. The van der Waals surface area contributed by atoms with E-state index >= 15 is 0 Å². The number of nitrogens with two attached hydrogens (primary N) is 1. The molecule has 0 fully saturated rings. The Balaban J connectivity index is 2.20.